The van der Waals surface area contributed by atoms with E-state index in [0.29, 0.717) is 18.3 Å². The van der Waals surface area contributed by atoms with E-state index >= 15 is 0 Å². The molecule has 0 spiro atoms. The molecular formula is C14H19NO. The zero-order chi connectivity index (χ0) is 11.7. The number of nitrogens with one attached hydrogen (secondary N) is 1. The summed E-state index contributed by atoms with van der Waals surface area (Å²) in [7, 11) is 0. The summed E-state index contributed by atoms with van der Waals surface area (Å²) in [4.78, 5) is 11.6. The lowest BCUT2D eigenvalue weighted by Crippen LogP contribution is -2.09. The molecule has 2 nitrogen and oxygen atoms in total. The van der Waals surface area contributed by atoms with Gasteiger partial charge in [-0.2, -0.15) is 0 Å². The number of amides is 1. The molecule has 1 N–H and O–H groups in total. The minimum atomic E-state index is 0.148. The van der Waals surface area contributed by atoms with Gasteiger partial charge in [-0.15, -0.1) is 0 Å². The second kappa shape index (κ2) is 4.28. The highest BCUT2D eigenvalue weighted by Gasteiger charge is 2.24. The molecule has 2 heteroatoms. The van der Waals surface area contributed by atoms with Crippen molar-refractivity contribution in [2.24, 2.45) is 5.92 Å². The minimum Gasteiger partial charge on any atom is -0.326 e. The molecule has 1 aliphatic rings. The summed E-state index contributed by atoms with van der Waals surface area (Å²) >= 11 is 0. The average Bonchev–Trinajstić information content (AvgIpc) is 2.35. The smallest absolute Gasteiger partial charge is 0.224 e. The third-order valence-corrected chi connectivity index (χ3v) is 3.37. The molecule has 86 valence electrons. The number of aryl methyl sites for hydroxylation is 1. The summed E-state index contributed by atoms with van der Waals surface area (Å²) < 4.78 is 0. The largest absolute Gasteiger partial charge is 0.326 e. The van der Waals surface area contributed by atoms with Gasteiger partial charge in [-0.3, -0.25) is 4.79 Å². The van der Waals surface area contributed by atoms with Crippen molar-refractivity contribution in [2.45, 2.75) is 39.5 Å². The summed E-state index contributed by atoms with van der Waals surface area (Å²) in [6.45, 7) is 6.51. The van der Waals surface area contributed by atoms with Gasteiger partial charge in [0, 0.05) is 12.1 Å². The lowest BCUT2D eigenvalue weighted by Gasteiger charge is -2.20. The molecule has 0 aromatic heterocycles. The fraction of sp³-hybridized carbons (Fsp3) is 0.500. The third kappa shape index (κ3) is 2.11. The Kier molecular flexibility index (Phi) is 2.99. The summed E-state index contributed by atoms with van der Waals surface area (Å²) in [5, 5.41) is 3.01. The molecule has 0 saturated carbocycles. The van der Waals surface area contributed by atoms with E-state index in [1.165, 1.54) is 11.1 Å². The van der Waals surface area contributed by atoms with Crippen molar-refractivity contribution in [3.63, 3.8) is 0 Å². The maximum Gasteiger partial charge on any atom is 0.224 e. The van der Waals surface area contributed by atoms with Crippen LogP contribution in [0.5, 0.6) is 0 Å². The van der Waals surface area contributed by atoms with Gasteiger partial charge >= 0.3 is 0 Å². The molecule has 16 heavy (non-hydrogen) atoms. The Morgan fingerprint density at radius 3 is 2.81 bits per heavy atom. The van der Waals surface area contributed by atoms with Crippen LogP contribution < -0.4 is 5.32 Å². The van der Waals surface area contributed by atoms with Crippen LogP contribution in [0.1, 0.15) is 43.7 Å². The SMILES string of the molecule is Cc1ccc2c(c1)NC(=O)CC[C@H]2C(C)C. The van der Waals surface area contributed by atoms with E-state index in [0.717, 1.165) is 12.1 Å². The number of carbonyl (C=O) groups is 1. The van der Waals surface area contributed by atoms with E-state index in [2.05, 4.69) is 44.3 Å². The summed E-state index contributed by atoms with van der Waals surface area (Å²) in [5.74, 6) is 1.22. The predicted molar refractivity (Wildman–Crippen MR) is 66.6 cm³/mol. The second-order valence-electron chi connectivity index (χ2n) is 5.03. The minimum absolute atomic E-state index is 0.148. The molecule has 1 atom stereocenters. The maximum atomic E-state index is 11.6. The normalized spacial score (nSPS) is 20.2. The molecule has 0 saturated heterocycles. The van der Waals surface area contributed by atoms with Gasteiger partial charge in [-0.25, -0.2) is 0 Å². The van der Waals surface area contributed by atoms with Crippen molar-refractivity contribution in [2.75, 3.05) is 5.32 Å². The number of rotatable bonds is 1. The molecule has 0 aliphatic carbocycles. The molecule has 1 aliphatic heterocycles. The van der Waals surface area contributed by atoms with Crippen LogP contribution >= 0.6 is 0 Å². The fourth-order valence-electron chi connectivity index (χ4n) is 2.45. The van der Waals surface area contributed by atoms with Crippen molar-refractivity contribution in [3.8, 4) is 0 Å². The van der Waals surface area contributed by atoms with Gasteiger partial charge < -0.3 is 5.32 Å². The molecule has 1 aromatic carbocycles. The molecule has 0 unspecified atom stereocenters. The first-order valence-corrected chi connectivity index (χ1v) is 5.98. The zero-order valence-corrected chi connectivity index (χ0v) is 10.2. The molecule has 2 rings (SSSR count). The summed E-state index contributed by atoms with van der Waals surface area (Å²) in [6.07, 6.45) is 1.59. The first-order chi connectivity index (χ1) is 7.58. The average molecular weight is 217 g/mol. The van der Waals surface area contributed by atoms with Crippen LogP contribution in [0.2, 0.25) is 0 Å². The highest BCUT2D eigenvalue weighted by molar-refractivity contribution is 5.92. The monoisotopic (exact) mass is 217 g/mol. The van der Waals surface area contributed by atoms with Crippen molar-refractivity contribution in [1.82, 2.24) is 0 Å². The van der Waals surface area contributed by atoms with Crippen molar-refractivity contribution < 1.29 is 4.79 Å². The van der Waals surface area contributed by atoms with Gasteiger partial charge in [-0.1, -0.05) is 26.0 Å². The molecule has 1 heterocycles. The van der Waals surface area contributed by atoms with Crippen LogP contribution in [0.25, 0.3) is 0 Å². The van der Waals surface area contributed by atoms with Crippen molar-refractivity contribution in [1.29, 1.82) is 0 Å². The lowest BCUT2D eigenvalue weighted by molar-refractivity contribution is -0.116. The summed E-state index contributed by atoms with van der Waals surface area (Å²) in [6, 6.07) is 6.38. The van der Waals surface area contributed by atoms with E-state index < -0.39 is 0 Å². The number of hydrogen-bond donors (Lipinski definition) is 1. The Balaban J connectivity index is 2.46. The molecule has 0 bridgehead atoms. The van der Waals surface area contributed by atoms with Crippen molar-refractivity contribution >= 4 is 11.6 Å². The number of hydrogen-bond acceptors (Lipinski definition) is 1. The Bertz CT molecular complexity index is 409. The van der Waals surface area contributed by atoms with Crippen LogP contribution in [0.15, 0.2) is 18.2 Å². The fourth-order valence-corrected chi connectivity index (χ4v) is 2.45. The Labute approximate surface area is 97.1 Å². The van der Waals surface area contributed by atoms with E-state index in [9.17, 15) is 4.79 Å². The van der Waals surface area contributed by atoms with E-state index in [1.807, 2.05) is 0 Å². The number of carbonyl (C=O) groups excluding carboxylic acids is 1. The predicted octanol–water partition coefficient (Wildman–Crippen LogP) is 3.47. The summed E-state index contributed by atoms with van der Waals surface area (Å²) in [5.41, 5.74) is 3.51. The first kappa shape index (κ1) is 11.2. The first-order valence-electron chi connectivity index (χ1n) is 5.98. The Morgan fingerprint density at radius 1 is 1.38 bits per heavy atom. The molecule has 0 radical (unpaired) electrons. The molecule has 0 fully saturated rings. The lowest BCUT2D eigenvalue weighted by atomic mass is 9.84. The van der Waals surface area contributed by atoms with Crippen LogP contribution in [0.4, 0.5) is 5.69 Å². The van der Waals surface area contributed by atoms with Crippen LogP contribution in [-0.4, -0.2) is 5.91 Å². The van der Waals surface area contributed by atoms with Crippen LogP contribution in [-0.2, 0) is 4.79 Å². The topological polar surface area (TPSA) is 29.1 Å². The van der Waals surface area contributed by atoms with Crippen LogP contribution in [0, 0.1) is 12.8 Å². The molecule has 1 amide bonds. The van der Waals surface area contributed by atoms with Crippen molar-refractivity contribution in [3.05, 3.63) is 29.3 Å². The maximum absolute atomic E-state index is 11.6. The van der Waals surface area contributed by atoms with E-state index in [1.54, 1.807) is 0 Å². The van der Waals surface area contributed by atoms with E-state index in [4.69, 9.17) is 0 Å². The number of fused-ring (bicyclic) bond motifs is 1. The number of anilines is 1. The Morgan fingerprint density at radius 2 is 2.12 bits per heavy atom. The number of benzene rings is 1. The standard InChI is InChI=1S/C14H19NO/c1-9(2)11-6-7-14(16)15-13-8-10(3)4-5-12(11)13/h4-5,8-9,11H,6-7H2,1-3H3,(H,15,16)/t11-/m0/s1. The quantitative estimate of drug-likeness (QED) is 0.766. The highest BCUT2D eigenvalue weighted by atomic mass is 16.1. The van der Waals surface area contributed by atoms with Gasteiger partial charge in [0.05, 0.1) is 0 Å². The van der Waals surface area contributed by atoms with Crippen LogP contribution in [0.3, 0.4) is 0 Å². The van der Waals surface area contributed by atoms with Gasteiger partial charge in [-0.05, 0) is 42.4 Å². The Hall–Kier alpha value is -1.31. The van der Waals surface area contributed by atoms with Gasteiger partial charge in [0.15, 0.2) is 0 Å². The zero-order valence-electron chi connectivity index (χ0n) is 10.2. The van der Waals surface area contributed by atoms with Gasteiger partial charge in [0.2, 0.25) is 5.91 Å². The van der Waals surface area contributed by atoms with Gasteiger partial charge in [0.1, 0.15) is 0 Å². The third-order valence-electron chi connectivity index (χ3n) is 3.37. The molecular weight excluding hydrogens is 198 g/mol. The van der Waals surface area contributed by atoms with Gasteiger partial charge in [0.25, 0.3) is 0 Å². The second-order valence-corrected chi connectivity index (χ2v) is 5.03. The van der Waals surface area contributed by atoms with E-state index in [-0.39, 0.29) is 5.91 Å². The molecule has 1 aromatic rings. The highest BCUT2D eigenvalue weighted by Crippen LogP contribution is 2.36.